The van der Waals surface area contributed by atoms with Gasteiger partial charge in [-0.15, -0.1) is 0 Å². The predicted molar refractivity (Wildman–Crippen MR) is 57.4 cm³/mol. The third-order valence-corrected chi connectivity index (χ3v) is 2.71. The molecule has 1 aliphatic rings. The maximum absolute atomic E-state index is 11.5. The number of carbonyl (C=O) groups excluding carboxylic acids is 1. The third kappa shape index (κ3) is 3.80. The van der Waals surface area contributed by atoms with Crippen LogP contribution in [0.3, 0.4) is 0 Å². The van der Waals surface area contributed by atoms with Gasteiger partial charge >= 0.3 is 5.97 Å². The van der Waals surface area contributed by atoms with Crippen LogP contribution in [0.5, 0.6) is 0 Å². The van der Waals surface area contributed by atoms with Crippen LogP contribution in [0.1, 0.15) is 39.5 Å². The lowest BCUT2D eigenvalue weighted by atomic mass is 9.94. The zero-order valence-electron chi connectivity index (χ0n) is 9.79. The highest BCUT2D eigenvalue weighted by atomic mass is 16.5. The molecule has 0 spiro atoms. The Morgan fingerprint density at radius 3 is 2.47 bits per heavy atom. The summed E-state index contributed by atoms with van der Waals surface area (Å²) in [7, 11) is 1.70. The van der Waals surface area contributed by atoms with Gasteiger partial charge < -0.3 is 15.2 Å². The van der Waals surface area contributed by atoms with Crippen LogP contribution in [0.15, 0.2) is 0 Å². The Morgan fingerprint density at radius 2 is 1.93 bits per heavy atom. The summed E-state index contributed by atoms with van der Waals surface area (Å²) in [4.78, 5) is 11.5. The molecule has 15 heavy (non-hydrogen) atoms. The van der Waals surface area contributed by atoms with Crippen LogP contribution in [0.4, 0.5) is 0 Å². The largest absolute Gasteiger partial charge is 0.461 e. The molecule has 1 rings (SSSR count). The number of carbonyl (C=O) groups is 1. The van der Waals surface area contributed by atoms with Crippen molar-refractivity contribution in [3.63, 3.8) is 0 Å². The summed E-state index contributed by atoms with van der Waals surface area (Å²) in [5.74, 6) is -0.329. The van der Waals surface area contributed by atoms with Gasteiger partial charge in [-0.25, -0.2) is 0 Å². The van der Waals surface area contributed by atoms with Crippen LogP contribution >= 0.6 is 0 Å². The molecule has 0 heterocycles. The molecular weight excluding hydrogens is 194 g/mol. The Morgan fingerprint density at radius 1 is 1.33 bits per heavy atom. The van der Waals surface area contributed by atoms with E-state index in [1.807, 2.05) is 0 Å². The highest BCUT2D eigenvalue weighted by Crippen LogP contribution is 2.23. The average Bonchev–Trinajstić information content (AvgIpc) is 2.16. The van der Waals surface area contributed by atoms with Crippen LogP contribution in [-0.4, -0.2) is 30.8 Å². The molecule has 1 saturated carbocycles. The first kappa shape index (κ1) is 12.5. The fourth-order valence-corrected chi connectivity index (χ4v) is 1.73. The van der Waals surface area contributed by atoms with Gasteiger partial charge in [-0.05, 0) is 33.1 Å². The molecule has 0 aromatic rings. The van der Waals surface area contributed by atoms with Crippen molar-refractivity contribution in [3.05, 3.63) is 0 Å². The summed E-state index contributed by atoms with van der Waals surface area (Å²) in [6.45, 7) is 3.32. The summed E-state index contributed by atoms with van der Waals surface area (Å²) in [6, 6.07) is 0. The van der Waals surface area contributed by atoms with Gasteiger partial charge in [-0.3, -0.25) is 4.79 Å². The van der Waals surface area contributed by atoms with Crippen molar-refractivity contribution in [2.45, 2.75) is 57.3 Å². The molecule has 0 bridgehead atoms. The van der Waals surface area contributed by atoms with E-state index in [-0.39, 0.29) is 18.2 Å². The zero-order valence-corrected chi connectivity index (χ0v) is 9.79. The van der Waals surface area contributed by atoms with Gasteiger partial charge in [0, 0.05) is 13.5 Å². The second-order valence-electron chi connectivity index (χ2n) is 4.77. The molecule has 0 aliphatic heterocycles. The molecule has 0 aromatic heterocycles. The lowest BCUT2D eigenvalue weighted by Crippen LogP contribution is -2.45. The van der Waals surface area contributed by atoms with E-state index in [0.29, 0.717) is 0 Å². The highest BCUT2D eigenvalue weighted by Gasteiger charge is 2.30. The summed E-state index contributed by atoms with van der Waals surface area (Å²) >= 11 is 0. The SMILES string of the molecule is COC1CCCC(OC(=O)C(C)(C)N)C1. The van der Waals surface area contributed by atoms with Gasteiger partial charge in [-0.2, -0.15) is 0 Å². The topological polar surface area (TPSA) is 61.5 Å². The molecule has 0 amide bonds. The Kier molecular flexibility index (Phi) is 4.11. The fourth-order valence-electron chi connectivity index (χ4n) is 1.73. The second-order valence-corrected chi connectivity index (χ2v) is 4.77. The van der Waals surface area contributed by atoms with E-state index in [0.717, 1.165) is 25.7 Å². The van der Waals surface area contributed by atoms with E-state index in [1.165, 1.54) is 0 Å². The lowest BCUT2D eigenvalue weighted by Gasteiger charge is -2.30. The Balaban J connectivity index is 2.41. The van der Waals surface area contributed by atoms with Gasteiger partial charge in [-0.1, -0.05) is 0 Å². The molecule has 2 atom stereocenters. The summed E-state index contributed by atoms with van der Waals surface area (Å²) in [5, 5.41) is 0. The number of rotatable bonds is 3. The van der Waals surface area contributed by atoms with E-state index in [4.69, 9.17) is 15.2 Å². The van der Waals surface area contributed by atoms with Crippen molar-refractivity contribution in [1.29, 1.82) is 0 Å². The monoisotopic (exact) mass is 215 g/mol. The number of methoxy groups -OCH3 is 1. The summed E-state index contributed by atoms with van der Waals surface area (Å²) in [6.07, 6.45) is 3.99. The van der Waals surface area contributed by atoms with Gasteiger partial charge in [0.1, 0.15) is 11.6 Å². The predicted octanol–water partition coefficient (Wildman–Crippen LogP) is 1.22. The molecule has 1 aliphatic carbocycles. The molecule has 4 nitrogen and oxygen atoms in total. The van der Waals surface area contributed by atoms with Crippen molar-refractivity contribution < 1.29 is 14.3 Å². The third-order valence-electron chi connectivity index (χ3n) is 2.71. The minimum Gasteiger partial charge on any atom is -0.461 e. The minimum atomic E-state index is -0.903. The molecule has 1 fully saturated rings. The van der Waals surface area contributed by atoms with Crippen LogP contribution in [0, 0.1) is 0 Å². The van der Waals surface area contributed by atoms with E-state index >= 15 is 0 Å². The van der Waals surface area contributed by atoms with Crippen molar-refractivity contribution >= 4 is 5.97 Å². The van der Waals surface area contributed by atoms with Crippen LogP contribution in [0.25, 0.3) is 0 Å². The van der Waals surface area contributed by atoms with Gasteiger partial charge in [0.25, 0.3) is 0 Å². The maximum atomic E-state index is 11.5. The standard InChI is InChI=1S/C11H21NO3/c1-11(2,12)10(13)15-9-6-4-5-8(7-9)14-3/h8-9H,4-7,12H2,1-3H3. The average molecular weight is 215 g/mol. The quantitative estimate of drug-likeness (QED) is 0.719. The van der Waals surface area contributed by atoms with E-state index in [2.05, 4.69) is 0 Å². The van der Waals surface area contributed by atoms with Crippen LogP contribution in [-0.2, 0) is 14.3 Å². The molecule has 88 valence electrons. The number of hydrogen-bond donors (Lipinski definition) is 1. The smallest absolute Gasteiger partial charge is 0.325 e. The minimum absolute atomic E-state index is 0.0287. The van der Waals surface area contributed by atoms with E-state index < -0.39 is 5.54 Å². The van der Waals surface area contributed by atoms with Gasteiger partial charge in [0.2, 0.25) is 0 Å². The highest BCUT2D eigenvalue weighted by molar-refractivity contribution is 5.79. The summed E-state index contributed by atoms with van der Waals surface area (Å²) < 4.78 is 10.6. The zero-order chi connectivity index (χ0) is 11.5. The van der Waals surface area contributed by atoms with E-state index in [1.54, 1.807) is 21.0 Å². The maximum Gasteiger partial charge on any atom is 0.325 e. The van der Waals surface area contributed by atoms with Gasteiger partial charge in [0.15, 0.2) is 0 Å². The Hall–Kier alpha value is -0.610. The number of ether oxygens (including phenoxy) is 2. The lowest BCUT2D eigenvalue weighted by molar-refractivity contribution is -0.157. The van der Waals surface area contributed by atoms with Crippen LogP contribution in [0.2, 0.25) is 0 Å². The molecule has 4 heteroatoms. The number of esters is 1. The molecule has 2 N–H and O–H groups in total. The molecule has 2 unspecified atom stereocenters. The molecular formula is C11H21NO3. The van der Waals surface area contributed by atoms with Crippen molar-refractivity contribution in [2.75, 3.05) is 7.11 Å². The number of nitrogens with two attached hydrogens (primary N) is 1. The first-order valence-electron chi connectivity index (χ1n) is 5.46. The van der Waals surface area contributed by atoms with Crippen molar-refractivity contribution in [1.82, 2.24) is 0 Å². The fraction of sp³-hybridized carbons (Fsp3) is 0.909. The van der Waals surface area contributed by atoms with Crippen LogP contribution < -0.4 is 5.73 Å². The first-order valence-corrected chi connectivity index (χ1v) is 5.46. The molecule has 0 saturated heterocycles. The van der Waals surface area contributed by atoms with Crippen molar-refractivity contribution in [3.8, 4) is 0 Å². The van der Waals surface area contributed by atoms with E-state index in [9.17, 15) is 4.79 Å². The molecule has 0 radical (unpaired) electrons. The Labute approximate surface area is 91.1 Å². The second kappa shape index (κ2) is 4.94. The number of hydrogen-bond acceptors (Lipinski definition) is 4. The normalized spacial score (nSPS) is 27.5. The molecule has 0 aromatic carbocycles. The Bertz CT molecular complexity index is 222. The first-order chi connectivity index (χ1) is 6.93. The van der Waals surface area contributed by atoms with Gasteiger partial charge in [0.05, 0.1) is 6.10 Å². The van der Waals surface area contributed by atoms with Crippen molar-refractivity contribution in [2.24, 2.45) is 5.73 Å². The summed E-state index contributed by atoms with van der Waals surface area (Å²) in [5.41, 5.74) is 4.75.